The quantitative estimate of drug-likeness (QED) is 0.803. The van der Waals surface area contributed by atoms with Gasteiger partial charge >= 0.3 is 0 Å². The predicted molar refractivity (Wildman–Crippen MR) is 69.2 cm³/mol. The van der Waals surface area contributed by atoms with Crippen LogP contribution in [0.25, 0.3) is 10.9 Å². The average Bonchev–Trinajstić information content (AvgIpc) is 2.48. The summed E-state index contributed by atoms with van der Waals surface area (Å²) in [6, 6.07) is 8.24. The fourth-order valence-corrected chi connectivity index (χ4v) is 2.38. The van der Waals surface area contributed by atoms with Crippen LogP contribution < -0.4 is 5.01 Å². The Balaban J connectivity index is 2.94. The Morgan fingerprint density at radius 3 is 2.62 bits per heavy atom. The molecular weight excluding hydrogens is 266 g/mol. The third-order valence-corrected chi connectivity index (χ3v) is 3.14. The zero-order chi connectivity index (χ0) is 11.9. The molecule has 0 radical (unpaired) electrons. The number of hydrogen-bond donors (Lipinski definition) is 0. The van der Waals surface area contributed by atoms with Crippen LogP contribution in [0.3, 0.4) is 0 Å². The van der Waals surface area contributed by atoms with Crippen molar-refractivity contribution in [2.45, 2.75) is 6.92 Å². The SMILES string of the molecule is Cc1c(C#N)c2ccc(Br)cc2n1N(C)C. The van der Waals surface area contributed by atoms with Gasteiger partial charge in [-0.05, 0) is 19.1 Å². The first-order valence-electron chi connectivity index (χ1n) is 4.94. The van der Waals surface area contributed by atoms with Crippen LogP contribution in [0.1, 0.15) is 11.3 Å². The molecule has 0 bridgehead atoms. The van der Waals surface area contributed by atoms with Crippen LogP contribution in [-0.4, -0.2) is 18.8 Å². The van der Waals surface area contributed by atoms with Crippen molar-refractivity contribution in [3.63, 3.8) is 0 Å². The summed E-state index contributed by atoms with van der Waals surface area (Å²) in [5.41, 5.74) is 2.77. The van der Waals surface area contributed by atoms with Crippen LogP contribution in [0.5, 0.6) is 0 Å². The van der Waals surface area contributed by atoms with Crippen molar-refractivity contribution in [1.29, 1.82) is 5.26 Å². The number of aromatic nitrogens is 1. The Hall–Kier alpha value is -1.47. The molecule has 1 aromatic carbocycles. The van der Waals surface area contributed by atoms with E-state index < -0.39 is 0 Å². The van der Waals surface area contributed by atoms with Crippen molar-refractivity contribution < 1.29 is 0 Å². The molecule has 0 aliphatic carbocycles. The molecule has 0 saturated heterocycles. The van der Waals surface area contributed by atoms with E-state index in [2.05, 4.69) is 22.0 Å². The maximum absolute atomic E-state index is 9.19. The molecule has 3 nitrogen and oxygen atoms in total. The lowest BCUT2D eigenvalue weighted by Crippen LogP contribution is -2.25. The molecule has 0 unspecified atom stereocenters. The number of benzene rings is 1. The monoisotopic (exact) mass is 277 g/mol. The van der Waals surface area contributed by atoms with Crippen LogP contribution >= 0.6 is 15.9 Å². The van der Waals surface area contributed by atoms with E-state index >= 15 is 0 Å². The minimum Gasteiger partial charge on any atom is -0.319 e. The Labute approximate surface area is 103 Å². The van der Waals surface area contributed by atoms with Crippen LogP contribution in [0.15, 0.2) is 22.7 Å². The van der Waals surface area contributed by atoms with Crippen LogP contribution in [0, 0.1) is 18.3 Å². The molecule has 0 saturated carbocycles. The molecule has 2 aromatic rings. The second-order valence-corrected chi connectivity index (χ2v) is 4.81. The van der Waals surface area contributed by atoms with E-state index in [4.69, 9.17) is 0 Å². The highest BCUT2D eigenvalue weighted by Crippen LogP contribution is 2.27. The van der Waals surface area contributed by atoms with Gasteiger partial charge in [0.15, 0.2) is 0 Å². The molecule has 0 aliphatic rings. The fourth-order valence-electron chi connectivity index (χ4n) is 2.03. The Morgan fingerprint density at radius 1 is 1.38 bits per heavy atom. The van der Waals surface area contributed by atoms with Crippen molar-refractivity contribution in [3.8, 4) is 6.07 Å². The molecule has 0 N–H and O–H groups in total. The van der Waals surface area contributed by atoms with Crippen molar-refractivity contribution in [2.24, 2.45) is 0 Å². The number of nitriles is 1. The molecule has 16 heavy (non-hydrogen) atoms. The first kappa shape index (κ1) is 11.0. The molecule has 0 fully saturated rings. The molecule has 2 rings (SSSR count). The highest BCUT2D eigenvalue weighted by atomic mass is 79.9. The molecule has 0 amide bonds. The molecule has 1 aromatic heterocycles. The summed E-state index contributed by atoms with van der Waals surface area (Å²) in [6.07, 6.45) is 0. The highest BCUT2D eigenvalue weighted by Gasteiger charge is 2.14. The topological polar surface area (TPSA) is 32.0 Å². The third-order valence-electron chi connectivity index (χ3n) is 2.65. The van der Waals surface area contributed by atoms with Gasteiger partial charge in [-0.3, -0.25) is 4.68 Å². The van der Waals surface area contributed by atoms with Gasteiger partial charge in [-0.15, -0.1) is 0 Å². The Kier molecular flexibility index (Phi) is 2.64. The van der Waals surface area contributed by atoms with Crippen LogP contribution in [0.4, 0.5) is 0 Å². The summed E-state index contributed by atoms with van der Waals surface area (Å²) in [5, 5.41) is 12.2. The number of rotatable bonds is 1. The van der Waals surface area contributed by atoms with Gasteiger partial charge in [0.1, 0.15) is 6.07 Å². The van der Waals surface area contributed by atoms with E-state index in [-0.39, 0.29) is 0 Å². The maximum atomic E-state index is 9.19. The Bertz CT molecular complexity index is 590. The molecule has 0 spiro atoms. The van der Waals surface area contributed by atoms with Gasteiger partial charge in [-0.1, -0.05) is 22.0 Å². The molecule has 82 valence electrons. The molecule has 1 heterocycles. The summed E-state index contributed by atoms with van der Waals surface area (Å²) >= 11 is 3.46. The number of hydrogen-bond acceptors (Lipinski definition) is 2. The second-order valence-electron chi connectivity index (χ2n) is 3.89. The fraction of sp³-hybridized carbons (Fsp3) is 0.250. The van der Waals surface area contributed by atoms with Crippen molar-refractivity contribution in [1.82, 2.24) is 4.68 Å². The lowest BCUT2D eigenvalue weighted by molar-refractivity contribution is 0.737. The first-order chi connectivity index (χ1) is 7.56. The number of halogens is 1. The van der Waals surface area contributed by atoms with Gasteiger partial charge in [-0.2, -0.15) is 5.26 Å². The van der Waals surface area contributed by atoms with E-state index in [1.54, 1.807) is 0 Å². The minimum absolute atomic E-state index is 0.746. The van der Waals surface area contributed by atoms with Crippen molar-refractivity contribution in [2.75, 3.05) is 19.1 Å². The average molecular weight is 278 g/mol. The summed E-state index contributed by atoms with van der Waals surface area (Å²) in [6.45, 7) is 1.96. The summed E-state index contributed by atoms with van der Waals surface area (Å²) in [7, 11) is 3.93. The second kappa shape index (κ2) is 3.84. The van der Waals surface area contributed by atoms with E-state index in [1.807, 2.05) is 48.9 Å². The zero-order valence-electron chi connectivity index (χ0n) is 9.45. The predicted octanol–water partition coefficient (Wildman–Crippen LogP) is 2.78. The van der Waals surface area contributed by atoms with Crippen molar-refractivity contribution in [3.05, 3.63) is 33.9 Å². The van der Waals surface area contributed by atoms with E-state index in [1.165, 1.54) is 0 Å². The van der Waals surface area contributed by atoms with Gasteiger partial charge in [0.2, 0.25) is 0 Å². The highest BCUT2D eigenvalue weighted by molar-refractivity contribution is 9.10. The molecule has 4 heteroatoms. The van der Waals surface area contributed by atoms with Gasteiger partial charge in [-0.25, -0.2) is 0 Å². The molecular formula is C12H12BrN3. The van der Waals surface area contributed by atoms with E-state index in [0.717, 1.165) is 26.6 Å². The summed E-state index contributed by atoms with van der Waals surface area (Å²) < 4.78 is 3.06. The number of fused-ring (bicyclic) bond motifs is 1. The molecule has 0 atom stereocenters. The standard InChI is InChI=1S/C12H12BrN3/c1-8-11(7-14)10-5-4-9(13)6-12(10)16(8)15(2)3/h4-6H,1-3H3. The first-order valence-corrected chi connectivity index (χ1v) is 5.74. The lowest BCUT2D eigenvalue weighted by atomic mass is 10.1. The minimum atomic E-state index is 0.746. The summed E-state index contributed by atoms with van der Waals surface area (Å²) in [4.78, 5) is 0. The van der Waals surface area contributed by atoms with E-state index in [0.29, 0.717) is 0 Å². The largest absolute Gasteiger partial charge is 0.319 e. The maximum Gasteiger partial charge on any atom is 0.102 e. The molecule has 0 aliphatic heterocycles. The normalized spacial score (nSPS) is 10.4. The summed E-state index contributed by atoms with van der Waals surface area (Å²) in [5.74, 6) is 0. The zero-order valence-corrected chi connectivity index (χ0v) is 11.0. The van der Waals surface area contributed by atoms with Crippen LogP contribution in [0.2, 0.25) is 0 Å². The van der Waals surface area contributed by atoms with Gasteiger partial charge in [0.05, 0.1) is 16.8 Å². The van der Waals surface area contributed by atoms with Gasteiger partial charge < -0.3 is 5.01 Å². The third kappa shape index (κ3) is 1.48. The van der Waals surface area contributed by atoms with E-state index in [9.17, 15) is 5.26 Å². The number of nitrogens with zero attached hydrogens (tertiary/aromatic N) is 3. The van der Waals surface area contributed by atoms with Gasteiger partial charge in [0, 0.05) is 24.0 Å². The van der Waals surface area contributed by atoms with Crippen molar-refractivity contribution >= 4 is 26.8 Å². The van der Waals surface area contributed by atoms with Crippen LogP contribution in [-0.2, 0) is 0 Å². The smallest absolute Gasteiger partial charge is 0.102 e. The Morgan fingerprint density at radius 2 is 2.06 bits per heavy atom. The lowest BCUT2D eigenvalue weighted by Gasteiger charge is -2.18. The van der Waals surface area contributed by atoms with Gasteiger partial charge in [0.25, 0.3) is 0 Å².